The number of carbonyl (C=O) groups is 2. The van der Waals surface area contributed by atoms with E-state index in [4.69, 9.17) is 10.5 Å². The lowest BCUT2D eigenvalue weighted by atomic mass is 9.64. The van der Waals surface area contributed by atoms with Crippen LogP contribution in [0.4, 0.5) is 0 Å². The number of nitrogens with zero attached hydrogens (tertiary/aromatic N) is 2. The van der Waals surface area contributed by atoms with Gasteiger partial charge in [0.15, 0.2) is 0 Å². The zero-order chi connectivity index (χ0) is 26.7. The molecule has 5 rings (SSSR count). The van der Waals surface area contributed by atoms with Crippen LogP contribution in [0.5, 0.6) is 0 Å². The van der Waals surface area contributed by atoms with Crippen molar-refractivity contribution in [3.05, 3.63) is 125 Å². The van der Waals surface area contributed by atoms with Gasteiger partial charge in [-0.15, -0.1) is 0 Å². The lowest BCUT2D eigenvalue weighted by Gasteiger charge is -2.37. The maximum atomic E-state index is 13.4. The van der Waals surface area contributed by atoms with Crippen molar-refractivity contribution in [3.63, 3.8) is 0 Å². The molecule has 2 atom stereocenters. The summed E-state index contributed by atoms with van der Waals surface area (Å²) in [6, 6.07) is 27.8. The van der Waals surface area contributed by atoms with E-state index in [0.29, 0.717) is 12.1 Å². The fraction of sp³-hybridized carbons (Fsp3) is 0.281. The van der Waals surface area contributed by atoms with Gasteiger partial charge in [0.05, 0.1) is 12.7 Å². The minimum atomic E-state index is -0.886. The lowest BCUT2D eigenvalue weighted by Crippen LogP contribution is -2.47. The van der Waals surface area contributed by atoms with Crippen LogP contribution in [0.25, 0.3) is 0 Å². The number of benzene rings is 3. The van der Waals surface area contributed by atoms with Crippen molar-refractivity contribution >= 4 is 11.9 Å². The Hall–Kier alpha value is -4.19. The van der Waals surface area contributed by atoms with Crippen molar-refractivity contribution < 1.29 is 18.9 Å². The highest BCUT2D eigenvalue weighted by atomic mass is 16.5. The number of rotatable bonds is 8. The van der Waals surface area contributed by atoms with Gasteiger partial charge in [-0.3, -0.25) is 4.79 Å². The number of primary amides is 1. The molecule has 1 amide bonds. The van der Waals surface area contributed by atoms with Gasteiger partial charge in [0, 0.05) is 6.92 Å². The number of aromatic nitrogens is 2. The Balaban J connectivity index is 1.44. The third-order valence-corrected chi connectivity index (χ3v) is 8.16. The molecule has 0 spiro atoms. The molecule has 0 bridgehead atoms. The summed E-state index contributed by atoms with van der Waals surface area (Å²) in [5.74, 6) is 0.563. The molecular formula is C32H34N3O3+. The van der Waals surface area contributed by atoms with Crippen LogP contribution < -0.4 is 10.3 Å². The molecule has 1 fully saturated rings. The van der Waals surface area contributed by atoms with Gasteiger partial charge in [-0.05, 0) is 54.0 Å². The van der Waals surface area contributed by atoms with Crippen molar-refractivity contribution in [1.29, 1.82) is 0 Å². The van der Waals surface area contributed by atoms with Crippen LogP contribution >= 0.6 is 0 Å². The second-order valence-electron chi connectivity index (χ2n) is 10.1. The number of hydrogen-bond donors (Lipinski definition) is 1. The average Bonchev–Trinajstić information content (AvgIpc) is 3.57. The highest BCUT2D eigenvalue weighted by Crippen LogP contribution is 2.49. The summed E-state index contributed by atoms with van der Waals surface area (Å²) >= 11 is 0. The van der Waals surface area contributed by atoms with E-state index in [1.807, 2.05) is 78.9 Å². The number of imidazole rings is 1. The molecular weight excluding hydrogens is 474 g/mol. The predicted octanol–water partition coefficient (Wildman–Crippen LogP) is 4.73. The molecule has 194 valence electrons. The van der Waals surface area contributed by atoms with Gasteiger partial charge in [-0.2, -0.15) is 0 Å². The highest BCUT2D eigenvalue weighted by Gasteiger charge is 2.51. The predicted molar refractivity (Wildman–Crippen MR) is 145 cm³/mol. The Kier molecular flexibility index (Phi) is 7.14. The molecule has 0 aliphatic heterocycles. The first-order chi connectivity index (χ1) is 18.4. The van der Waals surface area contributed by atoms with Gasteiger partial charge in [0.2, 0.25) is 5.91 Å². The zero-order valence-corrected chi connectivity index (χ0v) is 21.9. The second-order valence-corrected chi connectivity index (χ2v) is 10.1. The molecule has 38 heavy (non-hydrogen) atoms. The first kappa shape index (κ1) is 25.5. The summed E-state index contributed by atoms with van der Waals surface area (Å²) in [5.41, 5.74) is 8.88. The summed E-state index contributed by atoms with van der Waals surface area (Å²) < 4.78 is 9.39. The van der Waals surface area contributed by atoms with E-state index < -0.39 is 5.41 Å². The van der Waals surface area contributed by atoms with Crippen LogP contribution in [-0.4, -0.2) is 23.6 Å². The Bertz CT molecular complexity index is 1390. The first-order valence-electron chi connectivity index (χ1n) is 13.1. The third-order valence-electron chi connectivity index (χ3n) is 8.16. The molecule has 1 heterocycles. The van der Waals surface area contributed by atoms with Crippen LogP contribution in [-0.2, 0) is 21.5 Å². The van der Waals surface area contributed by atoms with Crippen molar-refractivity contribution in [2.45, 2.75) is 44.2 Å². The Morgan fingerprint density at radius 1 is 0.974 bits per heavy atom. The van der Waals surface area contributed by atoms with E-state index >= 15 is 0 Å². The van der Waals surface area contributed by atoms with E-state index in [9.17, 15) is 9.59 Å². The Labute approximate surface area is 223 Å². The zero-order valence-electron chi connectivity index (χ0n) is 21.9. The molecule has 6 nitrogen and oxygen atoms in total. The molecule has 6 heteroatoms. The summed E-state index contributed by atoms with van der Waals surface area (Å²) in [5, 5.41) is 0. The van der Waals surface area contributed by atoms with Gasteiger partial charge < -0.3 is 10.5 Å². The summed E-state index contributed by atoms with van der Waals surface area (Å²) in [7, 11) is 1.39. The molecule has 1 aromatic heterocycles. The summed E-state index contributed by atoms with van der Waals surface area (Å²) in [4.78, 5) is 25.4. The Morgan fingerprint density at radius 2 is 1.63 bits per heavy atom. The summed E-state index contributed by atoms with van der Waals surface area (Å²) in [6.07, 6.45) is 6.93. The number of carbonyl (C=O) groups excluding carboxylic acids is 2. The number of hydrogen-bond acceptors (Lipinski definition) is 3. The first-order valence-corrected chi connectivity index (χ1v) is 13.1. The molecule has 3 aromatic carbocycles. The summed E-state index contributed by atoms with van der Waals surface area (Å²) in [6.45, 7) is 2.77. The van der Waals surface area contributed by atoms with Gasteiger partial charge in [0.25, 0.3) is 5.82 Å². The molecule has 2 N–H and O–H groups in total. The standard InChI is InChI=1S/C32H33N3O3/c1-23-34(22-24-10-9-11-25(20-24)30(36)38-2)18-19-35(23)29-17-16-28(21-29)32(31(33)37,26-12-5-3-6-13-26)27-14-7-4-8-15-27/h3-15,18-20,28-29H,16-17,21-22H2,1-2H3,(H-,33,37)/p+1/t28-,29+/m0/s1. The maximum Gasteiger partial charge on any atom is 0.337 e. The molecule has 0 unspecified atom stereocenters. The third kappa shape index (κ3) is 4.51. The van der Waals surface area contributed by atoms with Gasteiger partial charge in [-0.1, -0.05) is 72.8 Å². The monoisotopic (exact) mass is 508 g/mol. The Morgan fingerprint density at radius 3 is 2.24 bits per heavy atom. The normalized spacial score (nSPS) is 17.3. The van der Waals surface area contributed by atoms with E-state index in [2.05, 4.69) is 28.5 Å². The molecule has 1 aliphatic rings. The minimum Gasteiger partial charge on any atom is -0.465 e. The molecule has 1 saturated carbocycles. The van der Waals surface area contributed by atoms with Crippen molar-refractivity contribution in [2.75, 3.05) is 7.11 Å². The van der Waals surface area contributed by atoms with Crippen molar-refractivity contribution in [1.82, 2.24) is 4.57 Å². The molecule has 0 radical (unpaired) electrons. The number of amides is 1. The molecule has 0 saturated heterocycles. The van der Waals surface area contributed by atoms with Gasteiger partial charge in [-0.25, -0.2) is 13.9 Å². The lowest BCUT2D eigenvalue weighted by molar-refractivity contribution is -0.694. The van der Waals surface area contributed by atoms with Crippen LogP contribution in [0, 0.1) is 12.8 Å². The van der Waals surface area contributed by atoms with Gasteiger partial charge >= 0.3 is 5.97 Å². The van der Waals surface area contributed by atoms with E-state index in [1.54, 1.807) is 6.07 Å². The van der Waals surface area contributed by atoms with Crippen molar-refractivity contribution in [3.8, 4) is 0 Å². The molecule has 1 aliphatic carbocycles. The fourth-order valence-electron chi connectivity index (χ4n) is 6.31. The second kappa shape index (κ2) is 10.7. The van der Waals surface area contributed by atoms with E-state index in [1.165, 1.54) is 7.11 Å². The van der Waals surface area contributed by atoms with Crippen LogP contribution in [0.1, 0.15) is 58.2 Å². The van der Waals surface area contributed by atoms with Crippen LogP contribution in [0.15, 0.2) is 97.3 Å². The SMILES string of the molecule is COC(=O)c1cccc(C[n+]2ccn([C@@H]3CC[C@H](C(C(N)=O)(c4ccccc4)c4ccccc4)C3)c2C)c1. The van der Waals surface area contributed by atoms with E-state index in [-0.39, 0.29) is 23.8 Å². The van der Waals surface area contributed by atoms with Gasteiger partial charge in [0.1, 0.15) is 30.4 Å². The number of methoxy groups -OCH3 is 1. The smallest absolute Gasteiger partial charge is 0.337 e. The number of nitrogens with two attached hydrogens (primary N) is 1. The molecule has 4 aromatic rings. The maximum absolute atomic E-state index is 13.4. The quantitative estimate of drug-likeness (QED) is 0.276. The topological polar surface area (TPSA) is 78.2 Å². The fourth-order valence-corrected chi connectivity index (χ4v) is 6.31. The number of esters is 1. The van der Waals surface area contributed by atoms with Crippen molar-refractivity contribution in [2.24, 2.45) is 11.7 Å². The number of ether oxygens (including phenoxy) is 1. The largest absolute Gasteiger partial charge is 0.465 e. The van der Waals surface area contributed by atoms with E-state index in [0.717, 1.165) is 41.8 Å². The average molecular weight is 509 g/mol. The van der Waals surface area contributed by atoms with Crippen LogP contribution in [0.2, 0.25) is 0 Å². The van der Waals surface area contributed by atoms with Crippen LogP contribution in [0.3, 0.4) is 0 Å². The minimum absolute atomic E-state index is 0.0711. The highest BCUT2D eigenvalue weighted by molar-refractivity contribution is 5.91.